The molecule has 0 aliphatic rings. The highest BCUT2D eigenvalue weighted by atomic mass is 19.4. The SMILES string of the molecule is N#Cc1ccc(-n2c3ccc(-c4ccccc4C#N)cc3c3cc(-c4ccccc4C#N)ccc32)c(-c2cc(-c3ccc(C(F)(F)F)cc3C#N)ccc2-n2c3ccc(-c4ccccc4C#N)cc3c3cc(-c4ccccc4C#N)ccc32)c1. The zero-order valence-corrected chi connectivity index (χ0v) is 44.1. The maximum Gasteiger partial charge on any atom is 0.416 e. The number of hydrogen-bond acceptors (Lipinski definition) is 6. The lowest BCUT2D eigenvalue weighted by molar-refractivity contribution is -0.137. The molecular weight excluding hydrogens is 1050 g/mol. The third-order valence-electron chi connectivity index (χ3n) is 15.6. The number of alkyl halides is 3. The van der Waals surface area contributed by atoms with Gasteiger partial charge in [-0.3, -0.25) is 0 Å². The maximum absolute atomic E-state index is 14.3. The molecule has 0 atom stereocenters. The molecule has 2 aromatic heterocycles. The van der Waals surface area contributed by atoms with Crippen molar-refractivity contribution in [1.29, 1.82) is 31.6 Å². The second-order valence-electron chi connectivity index (χ2n) is 20.2. The van der Waals surface area contributed by atoms with Gasteiger partial charge >= 0.3 is 6.18 Å². The molecule has 0 N–H and O–H groups in total. The summed E-state index contributed by atoms with van der Waals surface area (Å²) in [6, 6.07) is 81.3. The monoisotopic (exact) mass is 1080 g/mol. The average molecular weight is 1080 g/mol. The molecular formula is C73H37F3N8. The zero-order chi connectivity index (χ0) is 57.8. The summed E-state index contributed by atoms with van der Waals surface area (Å²) in [6.45, 7) is 0. The number of fused-ring (bicyclic) bond motifs is 6. The Balaban J connectivity index is 1.14. The van der Waals surface area contributed by atoms with E-state index in [4.69, 9.17) is 0 Å². The van der Waals surface area contributed by atoms with E-state index in [9.17, 15) is 44.7 Å². The average Bonchev–Trinajstić information content (AvgIpc) is 2.00. The molecule has 0 saturated carbocycles. The molecule has 13 aromatic rings. The van der Waals surface area contributed by atoms with Crippen LogP contribution in [0, 0.1) is 68.0 Å². The molecule has 13 rings (SSSR count). The Morgan fingerprint density at radius 2 is 0.595 bits per heavy atom. The molecule has 8 nitrogen and oxygen atoms in total. The van der Waals surface area contributed by atoms with Crippen LogP contribution < -0.4 is 0 Å². The molecule has 2 heterocycles. The summed E-state index contributed by atoms with van der Waals surface area (Å²) in [5.74, 6) is 0. The highest BCUT2D eigenvalue weighted by Crippen LogP contribution is 2.46. The zero-order valence-electron chi connectivity index (χ0n) is 44.1. The van der Waals surface area contributed by atoms with Gasteiger partial charge in [-0.1, -0.05) is 109 Å². The summed E-state index contributed by atoms with van der Waals surface area (Å²) in [4.78, 5) is 0. The van der Waals surface area contributed by atoms with Gasteiger partial charge in [0, 0.05) is 32.7 Å². The van der Waals surface area contributed by atoms with Crippen molar-refractivity contribution in [3.63, 3.8) is 0 Å². The number of benzene rings is 11. The largest absolute Gasteiger partial charge is 0.416 e. The smallest absolute Gasteiger partial charge is 0.309 e. The first kappa shape index (κ1) is 51.2. The lowest BCUT2D eigenvalue weighted by Gasteiger charge is -2.20. The molecule has 0 unspecified atom stereocenters. The lowest BCUT2D eigenvalue weighted by Crippen LogP contribution is -2.05. The first-order valence-electron chi connectivity index (χ1n) is 26.5. The Kier molecular flexibility index (Phi) is 12.5. The van der Waals surface area contributed by atoms with E-state index < -0.39 is 11.7 Å². The fourth-order valence-electron chi connectivity index (χ4n) is 11.8. The third kappa shape index (κ3) is 8.52. The van der Waals surface area contributed by atoms with E-state index >= 15 is 0 Å². The minimum atomic E-state index is -4.71. The van der Waals surface area contributed by atoms with E-state index in [0.717, 1.165) is 100 Å². The molecule has 0 saturated heterocycles. The second-order valence-corrected chi connectivity index (χ2v) is 20.2. The first-order valence-corrected chi connectivity index (χ1v) is 26.5. The van der Waals surface area contributed by atoms with Crippen LogP contribution >= 0.6 is 0 Å². The maximum atomic E-state index is 14.3. The predicted molar refractivity (Wildman–Crippen MR) is 321 cm³/mol. The minimum absolute atomic E-state index is 0.188. The number of nitriles is 6. The fraction of sp³-hybridized carbons (Fsp3) is 0.0137. The summed E-state index contributed by atoms with van der Waals surface area (Å²) < 4.78 is 47.0. The Morgan fingerprint density at radius 1 is 0.274 bits per heavy atom. The molecule has 0 amide bonds. The topological polar surface area (TPSA) is 153 Å². The highest BCUT2D eigenvalue weighted by molar-refractivity contribution is 6.14. The van der Waals surface area contributed by atoms with Crippen LogP contribution in [0.1, 0.15) is 38.9 Å². The molecule has 0 aliphatic carbocycles. The van der Waals surface area contributed by atoms with Crippen LogP contribution in [0.25, 0.3) is 122 Å². The van der Waals surface area contributed by atoms with E-state index in [1.807, 2.05) is 158 Å². The molecule has 0 fully saturated rings. The molecule has 0 radical (unpaired) electrons. The van der Waals surface area contributed by atoms with Gasteiger partial charge in [0.1, 0.15) is 0 Å². The van der Waals surface area contributed by atoms with Crippen molar-refractivity contribution in [2.24, 2.45) is 0 Å². The van der Waals surface area contributed by atoms with Gasteiger partial charge in [0.05, 0.1) is 109 Å². The van der Waals surface area contributed by atoms with Gasteiger partial charge in [-0.05, 0) is 171 Å². The van der Waals surface area contributed by atoms with Gasteiger partial charge in [-0.25, -0.2) is 0 Å². The Labute approximate surface area is 479 Å². The van der Waals surface area contributed by atoms with Gasteiger partial charge in [-0.2, -0.15) is 44.7 Å². The number of rotatable bonds is 8. The van der Waals surface area contributed by atoms with Crippen LogP contribution in [0.5, 0.6) is 0 Å². The van der Waals surface area contributed by atoms with Gasteiger partial charge in [0.15, 0.2) is 0 Å². The van der Waals surface area contributed by atoms with Crippen LogP contribution in [0.4, 0.5) is 13.2 Å². The van der Waals surface area contributed by atoms with E-state index in [1.165, 1.54) is 6.07 Å². The van der Waals surface area contributed by atoms with Crippen molar-refractivity contribution >= 4 is 43.6 Å². The normalized spacial score (nSPS) is 11.2. The van der Waals surface area contributed by atoms with E-state index in [1.54, 1.807) is 42.5 Å². The molecule has 0 spiro atoms. The van der Waals surface area contributed by atoms with E-state index in [-0.39, 0.29) is 11.1 Å². The summed E-state index contributed by atoms with van der Waals surface area (Å²) in [6.07, 6.45) is -4.71. The number of halogens is 3. The van der Waals surface area contributed by atoms with Crippen LogP contribution in [0.2, 0.25) is 0 Å². The number of hydrogen-bond donors (Lipinski definition) is 0. The summed E-state index contributed by atoms with van der Waals surface area (Å²) in [7, 11) is 0. The first-order chi connectivity index (χ1) is 41.0. The van der Waals surface area contributed by atoms with E-state index in [2.05, 4.69) is 51.6 Å². The van der Waals surface area contributed by atoms with Gasteiger partial charge < -0.3 is 9.13 Å². The predicted octanol–water partition coefficient (Wildman–Crippen LogP) is 18.1. The van der Waals surface area contributed by atoms with Crippen LogP contribution in [0.3, 0.4) is 0 Å². The Hall–Kier alpha value is -12.3. The summed E-state index contributed by atoms with van der Waals surface area (Å²) in [5.41, 5.74) is 13.3. The van der Waals surface area contributed by atoms with Crippen molar-refractivity contribution in [3.05, 3.63) is 263 Å². The number of nitrogens with zero attached hydrogens (tertiary/aromatic N) is 8. The number of aromatic nitrogens is 2. The van der Waals surface area contributed by atoms with Gasteiger partial charge in [0.25, 0.3) is 0 Å². The Bertz CT molecular complexity index is 5000. The second kappa shape index (κ2) is 20.4. The molecule has 11 heteroatoms. The van der Waals surface area contributed by atoms with Gasteiger partial charge in [-0.15, -0.1) is 0 Å². The van der Waals surface area contributed by atoms with Crippen LogP contribution in [0.15, 0.2) is 224 Å². The summed E-state index contributed by atoms with van der Waals surface area (Å²) >= 11 is 0. The molecule has 390 valence electrons. The quantitative estimate of drug-likeness (QED) is 0.148. The van der Waals surface area contributed by atoms with Crippen molar-refractivity contribution in [3.8, 4) is 115 Å². The highest BCUT2D eigenvalue weighted by Gasteiger charge is 2.32. The molecule has 0 aliphatic heterocycles. The standard InChI is InChI=1S/C73H37F3N8/c74-73(75,76)55-23-24-60(54(32-55)43-82)49-22-30-68(84-71-28-20-47(58-15-7-3-11-52(58)41-80)35-65(71)66-36-48(21-29-72(66)84)59-16-8-4-12-53(59)42-81)62(37-49)61-31-44(38-77)17-25-67(61)83-69-26-18-45(56-13-5-1-9-50(56)39-78)33-63(69)64-34-46(19-27-70(64)83)57-14-6-2-10-51(57)40-79/h1-37H. The molecule has 0 bridgehead atoms. The van der Waals surface area contributed by atoms with Gasteiger partial charge in [0.2, 0.25) is 0 Å². The molecule has 11 aromatic carbocycles. The van der Waals surface area contributed by atoms with Crippen molar-refractivity contribution in [2.45, 2.75) is 6.18 Å². The third-order valence-corrected chi connectivity index (χ3v) is 15.6. The van der Waals surface area contributed by atoms with Crippen molar-refractivity contribution in [2.75, 3.05) is 0 Å². The van der Waals surface area contributed by atoms with Crippen molar-refractivity contribution in [1.82, 2.24) is 9.13 Å². The van der Waals surface area contributed by atoms with Crippen molar-refractivity contribution < 1.29 is 13.2 Å². The van der Waals surface area contributed by atoms with Crippen LogP contribution in [-0.2, 0) is 6.18 Å². The Morgan fingerprint density at radius 3 is 0.952 bits per heavy atom. The molecule has 84 heavy (non-hydrogen) atoms. The van der Waals surface area contributed by atoms with Crippen LogP contribution in [-0.4, -0.2) is 9.13 Å². The minimum Gasteiger partial charge on any atom is -0.309 e. The van der Waals surface area contributed by atoms with E-state index in [0.29, 0.717) is 55.9 Å². The fourth-order valence-corrected chi connectivity index (χ4v) is 11.8. The lowest BCUT2D eigenvalue weighted by atomic mass is 9.92. The summed E-state index contributed by atoms with van der Waals surface area (Å²) in [5, 5.41) is 65.6.